The Balaban J connectivity index is 2.37. The van der Waals surface area contributed by atoms with Crippen LogP contribution in [0.3, 0.4) is 0 Å². The monoisotopic (exact) mass is 270 g/mol. The van der Waals surface area contributed by atoms with Crippen molar-refractivity contribution in [2.45, 2.75) is 19.4 Å². The molecule has 1 aromatic carbocycles. The van der Waals surface area contributed by atoms with Crippen molar-refractivity contribution >= 4 is 23.2 Å². The summed E-state index contributed by atoms with van der Waals surface area (Å²) >= 11 is 5.94. The molecule has 0 aliphatic carbocycles. The van der Waals surface area contributed by atoms with Crippen LogP contribution in [0.4, 0.5) is 5.69 Å². The number of rotatable bonds is 6. The highest BCUT2D eigenvalue weighted by atomic mass is 35.5. The third-order valence-electron chi connectivity index (χ3n) is 2.54. The number of methoxy groups -OCH3 is 1. The van der Waals surface area contributed by atoms with E-state index in [4.69, 9.17) is 16.3 Å². The highest BCUT2D eigenvalue weighted by molar-refractivity contribution is 6.33. The summed E-state index contributed by atoms with van der Waals surface area (Å²) < 4.78 is 5.24. The van der Waals surface area contributed by atoms with Crippen LogP contribution in [-0.4, -0.2) is 31.7 Å². The average molecular weight is 271 g/mol. The van der Waals surface area contributed by atoms with E-state index in [2.05, 4.69) is 10.6 Å². The Hall–Kier alpha value is -1.10. The SMILES string of the molecule is COC(C)(C)CNCC(=O)Nc1ccccc1Cl. The van der Waals surface area contributed by atoms with E-state index >= 15 is 0 Å². The van der Waals surface area contributed by atoms with Crippen LogP contribution < -0.4 is 10.6 Å². The molecule has 0 aliphatic heterocycles. The van der Waals surface area contributed by atoms with Gasteiger partial charge in [0.15, 0.2) is 0 Å². The first-order valence-electron chi connectivity index (χ1n) is 5.75. The van der Waals surface area contributed by atoms with Gasteiger partial charge in [-0.05, 0) is 26.0 Å². The number of hydrogen-bond donors (Lipinski definition) is 2. The Morgan fingerprint density at radius 3 is 2.67 bits per heavy atom. The van der Waals surface area contributed by atoms with Gasteiger partial charge in [0.2, 0.25) is 5.91 Å². The standard InChI is InChI=1S/C13H19ClN2O2/c1-13(2,18-3)9-15-8-12(17)16-11-7-5-4-6-10(11)14/h4-7,15H,8-9H2,1-3H3,(H,16,17). The Labute approximate surface area is 113 Å². The maximum atomic E-state index is 11.7. The predicted octanol–water partition coefficient (Wildman–Crippen LogP) is 2.29. The van der Waals surface area contributed by atoms with E-state index in [1.54, 1.807) is 19.2 Å². The molecule has 0 saturated carbocycles. The second-order valence-corrected chi connectivity index (χ2v) is 5.00. The van der Waals surface area contributed by atoms with Gasteiger partial charge in [-0.15, -0.1) is 0 Å². The summed E-state index contributed by atoms with van der Waals surface area (Å²) in [7, 11) is 1.64. The lowest BCUT2D eigenvalue weighted by molar-refractivity contribution is -0.115. The van der Waals surface area contributed by atoms with Crippen molar-refractivity contribution < 1.29 is 9.53 Å². The first-order valence-corrected chi connectivity index (χ1v) is 6.13. The fourth-order valence-electron chi connectivity index (χ4n) is 1.31. The van der Waals surface area contributed by atoms with E-state index in [0.717, 1.165) is 0 Å². The fourth-order valence-corrected chi connectivity index (χ4v) is 1.49. The van der Waals surface area contributed by atoms with Gasteiger partial charge in [-0.3, -0.25) is 4.79 Å². The van der Waals surface area contributed by atoms with Crippen molar-refractivity contribution in [1.82, 2.24) is 5.32 Å². The molecule has 0 fully saturated rings. The summed E-state index contributed by atoms with van der Waals surface area (Å²) in [6.07, 6.45) is 0. The molecule has 1 rings (SSSR count). The first-order chi connectivity index (χ1) is 8.44. The Kier molecular flexibility index (Phi) is 5.59. The van der Waals surface area contributed by atoms with Crippen molar-refractivity contribution in [2.75, 3.05) is 25.5 Å². The lowest BCUT2D eigenvalue weighted by Crippen LogP contribution is -2.40. The zero-order valence-corrected chi connectivity index (χ0v) is 11.7. The molecule has 0 aliphatic rings. The summed E-state index contributed by atoms with van der Waals surface area (Å²) in [5.74, 6) is -0.130. The van der Waals surface area contributed by atoms with Gasteiger partial charge in [0.25, 0.3) is 0 Å². The molecule has 0 radical (unpaired) electrons. The Morgan fingerprint density at radius 1 is 1.39 bits per heavy atom. The van der Waals surface area contributed by atoms with Gasteiger partial charge in [0.1, 0.15) is 0 Å². The number of carbonyl (C=O) groups is 1. The summed E-state index contributed by atoms with van der Waals surface area (Å²) in [5, 5.41) is 6.31. The fraction of sp³-hybridized carbons (Fsp3) is 0.462. The number of nitrogens with one attached hydrogen (secondary N) is 2. The van der Waals surface area contributed by atoms with E-state index < -0.39 is 0 Å². The highest BCUT2D eigenvalue weighted by Gasteiger charge is 2.16. The summed E-state index contributed by atoms with van der Waals surface area (Å²) in [6, 6.07) is 7.14. The molecule has 0 atom stereocenters. The number of amides is 1. The molecular formula is C13H19ClN2O2. The second kappa shape index (κ2) is 6.73. The second-order valence-electron chi connectivity index (χ2n) is 4.60. The normalized spacial score (nSPS) is 11.3. The van der Waals surface area contributed by atoms with Crippen LogP contribution in [0, 0.1) is 0 Å². The third-order valence-corrected chi connectivity index (χ3v) is 2.87. The van der Waals surface area contributed by atoms with E-state index in [0.29, 0.717) is 17.3 Å². The van der Waals surface area contributed by atoms with Gasteiger partial charge in [0.05, 0.1) is 22.9 Å². The van der Waals surface area contributed by atoms with Crippen molar-refractivity contribution in [2.24, 2.45) is 0 Å². The number of para-hydroxylation sites is 1. The van der Waals surface area contributed by atoms with Crippen molar-refractivity contribution in [1.29, 1.82) is 0 Å². The number of carbonyl (C=O) groups excluding carboxylic acids is 1. The number of anilines is 1. The van der Waals surface area contributed by atoms with E-state index in [-0.39, 0.29) is 18.1 Å². The lowest BCUT2D eigenvalue weighted by Gasteiger charge is -2.23. The number of hydrogen-bond acceptors (Lipinski definition) is 3. The molecule has 0 bridgehead atoms. The molecule has 0 aromatic heterocycles. The maximum absolute atomic E-state index is 11.7. The molecule has 5 heteroatoms. The van der Waals surface area contributed by atoms with Crippen LogP contribution in [-0.2, 0) is 9.53 Å². The van der Waals surface area contributed by atoms with Gasteiger partial charge in [-0.2, -0.15) is 0 Å². The third kappa shape index (κ3) is 5.04. The Morgan fingerprint density at radius 2 is 2.06 bits per heavy atom. The first kappa shape index (κ1) is 15.0. The van der Waals surface area contributed by atoms with Crippen molar-refractivity contribution in [3.05, 3.63) is 29.3 Å². The van der Waals surface area contributed by atoms with Crippen LogP contribution in [0.2, 0.25) is 5.02 Å². The van der Waals surface area contributed by atoms with Gasteiger partial charge in [-0.25, -0.2) is 0 Å². The Bertz CT molecular complexity index is 408. The van der Waals surface area contributed by atoms with Crippen LogP contribution in [0.25, 0.3) is 0 Å². The van der Waals surface area contributed by atoms with Crippen LogP contribution in [0.5, 0.6) is 0 Å². The van der Waals surface area contributed by atoms with E-state index in [1.807, 2.05) is 26.0 Å². The van der Waals surface area contributed by atoms with Gasteiger partial charge >= 0.3 is 0 Å². The molecule has 1 amide bonds. The molecule has 4 nitrogen and oxygen atoms in total. The van der Waals surface area contributed by atoms with Crippen molar-refractivity contribution in [3.63, 3.8) is 0 Å². The molecule has 100 valence electrons. The predicted molar refractivity (Wildman–Crippen MR) is 74.0 cm³/mol. The zero-order chi connectivity index (χ0) is 13.6. The van der Waals surface area contributed by atoms with Crippen LogP contribution in [0.1, 0.15) is 13.8 Å². The molecule has 0 spiro atoms. The van der Waals surface area contributed by atoms with E-state index in [9.17, 15) is 4.79 Å². The summed E-state index contributed by atoms with van der Waals surface area (Å²) in [5.41, 5.74) is 0.335. The largest absolute Gasteiger partial charge is 0.377 e. The van der Waals surface area contributed by atoms with Gasteiger partial charge in [0, 0.05) is 13.7 Å². The number of ether oxygens (including phenoxy) is 1. The molecule has 18 heavy (non-hydrogen) atoms. The maximum Gasteiger partial charge on any atom is 0.238 e. The van der Waals surface area contributed by atoms with Crippen LogP contribution in [0.15, 0.2) is 24.3 Å². The lowest BCUT2D eigenvalue weighted by atomic mass is 10.1. The zero-order valence-electron chi connectivity index (χ0n) is 10.9. The van der Waals surface area contributed by atoms with Crippen molar-refractivity contribution in [3.8, 4) is 0 Å². The molecule has 1 aromatic rings. The van der Waals surface area contributed by atoms with Gasteiger partial charge < -0.3 is 15.4 Å². The average Bonchev–Trinajstić information content (AvgIpc) is 2.32. The smallest absolute Gasteiger partial charge is 0.238 e. The molecule has 0 saturated heterocycles. The number of benzene rings is 1. The minimum atomic E-state index is -0.287. The molecular weight excluding hydrogens is 252 g/mol. The molecule has 0 unspecified atom stereocenters. The quantitative estimate of drug-likeness (QED) is 0.834. The topological polar surface area (TPSA) is 50.4 Å². The molecule has 0 heterocycles. The minimum absolute atomic E-state index is 0.130. The summed E-state index contributed by atoms with van der Waals surface area (Å²) in [4.78, 5) is 11.7. The van der Waals surface area contributed by atoms with Gasteiger partial charge in [-0.1, -0.05) is 23.7 Å². The highest BCUT2D eigenvalue weighted by Crippen LogP contribution is 2.19. The number of halogens is 1. The molecule has 2 N–H and O–H groups in total. The van der Waals surface area contributed by atoms with Crippen LogP contribution >= 0.6 is 11.6 Å². The summed E-state index contributed by atoms with van der Waals surface area (Å²) in [6.45, 7) is 4.72. The minimum Gasteiger partial charge on any atom is -0.377 e. The van der Waals surface area contributed by atoms with E-state index in [1.165, 1.54) is 0 Å².